The number of alkyl halides is 5. The molecule has 0 radical (unpaired) electrons. The van der Waals surface area contributed by atoms with Crippen LogP contribution >= 0.6 is 0 Å². The highest BCUT2D eigenvalue weighted by molar-refractivity contribution is 5.71. The van der Waals surface area contributed by atoms with Gasteiger partial charge in [0.15, 0.2) is 11.3 Å². The van der Waals surface area contributed by atoms with Crippen molar-refractivity contribution in [3.8, 4) is 5.75 Å². The molecule has 0 amide bonds. The van der Waals surface area contributed by atoms with Crippen molar-refractivity contribution >= 4 is 17.0 Å². The van der Waals surface area contributed by atoms with Crippen LogP contribution in [0.15, 0.2) is 30.7 Å². The number of fused-ring (bicyclic) bond motifs is 1. The maximum Gasteiger partial charge on any atom is 0.437 e. The van der Waals surface area contributed by atoms with Crippen LogP contribution in [0.1, 0.15) is 18.5 Å². The summed E-state index contributed by atoms with van der Waals surface area (Å²) in [7, 11) is 0. The number of halogens is 5. The molecular formula is C20H19F5N6O. The first-order valence-electron chi connectivity index (χ1n) is 10.1. The van der Waals surface area contributed by atoms with Gasteiger partial charge < -0.3 is 9.64 Å². The van der Waals surface area contributed by atoms with Crippen LogP contribution in [0.3, 0.4) is 0 Å². The van der Waals surface area contributed by atoms with E-state index in [2.05, 4.69) is 20.1 Å². The largest absolute Gasteiger partial charge is 0.491 e. The smallest absolute Gasteiger partial charge is 0.437 e. The quantitative estimate of drug-likeness (QED) is 0.528. The van der Waals surface area contributed by atoms with Crippen LogP contribution in [0.2, 0.25) is 0 Å². The number of ether oxygens (including phenoxy) is 1. The lowest BCUT2D eigenvalue weighted by Gasteiger charge is -2.59. The molecule has 3 aromatic rings. The highest BCUT2D eigenvalue weighted by Crippen LogP contribution is 2.52. The fourth-order valence-corrected chi connectivity index (χ4v) is 4.65. The molecule has 5 rings (SSSR count). The summed E-state index contributed by atoms with van der Waals surface area (Å²) in [4.78, 5) is 14.1. The first-order chi connectivity index (χ1) is 15.2. The van der Waals surface area contributed by atoms with Gasteiger partial charge in [-0.15, -0.1) is 0 Å². The fraction of sp³-hybridized carbons (Fsp3) is 0.500. The van der Waals surface area contributed by atoms with Gasteiger partial charge in [0.1, 0.15) is 23.6 Å². The minimum absolute atomic E-state index is 0.0790. The monoisotopic (exact) mass is 454 g/mol. The zero-order chi connectivity index (χ0) is 22.5. The third kappa shape index (κ3) is 3.82. The van der Waals surface area contributed by atoms with Crippen LogP contribution in [0.5, 0.6) is 5.75 Å². The van der Waals surface area contributed by atoms with Gasteiger partial charge in [0, 0.05) is 24.7 Å². The second-order valence-electron chi connectivity index (χ2n) is 8.44. The highest BCUT2D eigenvalue weighted by atomic mass is 19.4. The van der Waals surface area contributed by atoms with Gasteiger partial charge in [0.25, 0.3) is 6.43 Å². The topological polar surface area (TPSA) is 69.0 Å². The summed E-state index contributed by atoms with van der Waals surface area (Å²) in [6, 6.07) is 2.70. The van der Waals surface area contributed by atoms with Crippen molar-refractivity contribution in [1.82, 2.24) is 24.7 Å². The Labute approximate surface area is 179 Å². The van der Waals surface area contributed by atoms with Crippen molar-refractivity contribution in [1.29, 1.82) is 0 Å². The Morgan fingerprint density at radius 1 is 1.16 bits per heavy atom. The van der Waals surface area contributed by atoms with E-state index in [1.54, 1.807) is 6.20 Å². The van der Waals surface area contributed by atoms with E-state index in [0.717, 1.165) is 36.8 Å². The van der Waals surface area contributed by atoms with E-state index >= 15 is 0 Å². The summed E-state index contributed by atoms with van der Waals surface area (Å²) in [5.74, 6) is 0.517. The summed E-state index contributed by atoms with van der Waals surface area (Å²) in [6.07, 6.45) is -1.31. The molecule has 0 N–H and O–H groups in total. The third-order valence-electron chi connectivity index (χ3n) is 5.98. The summed E-state index contributed by atoms with van der Waals surface area (Å²) >= 11 is 0. The van der Waals surface area contributed by atoms with Gasteiger partial charge in [-0.2, -0.15) is 18.3 Å². The first kappa shape index (κ1) is 20.8. The molecule has 2 fully saturated rings. The van der Waals surface area contributed by atoms with Crippen molar-refractivity contribution in [3.05, 3.63) is 36.4 Å². The molecule has 170 valence electrons. The van der Waals surface area contributed by atoms with Crippen LogP contribution in [0, 0.1) is 11.3 Å². The molecule has 4 heterocycles. The third-order valence-corrected chi connectivity index (χ3v) is 5.98. The van der Waals surface area contributed by atoms with Gasteiger partial charge in [-0.05, 0) is 30.9 Å². The number of aromatic nitrogens is 5. The van der Waals surface area contributed by atoms with Crippen LogP contribution < -0.4 is 9.64 Å². The van der Waals surface area contributed by atoms with Crippen molar-refractivity contribution in [2.75, 3.05) is 24.6 Å². The normalized spacial score (nSPS) is 18.2. The minimum Gasteiger partial charge on any atom is -0.491 e. The molecule has 1 saturated carbocycles. The molecule has 0 unspecified atom stereocenters. The van der Waals surface area contributed by atoms with Crippen molar-refractivity contribution in [2.45, 2.75) is 32.0 Å². The van der Waals surface area contributed by atoms with Crippen LogP contribution in [-0.4, -0.2) is 50.9 Å². The average molecular weight is 454 g/mol. The van der Waals surface area contributed by atoms with E-state index in [1.165, 1.54) is 18.3 Å². The maximum absolute atomic E-state index is 13.0. The molecule has 32 heavy (non-hydrogen) atoms. The van der Waals surface area contributed by atoms with Crippen LogP contribution in [0.25, 0.3) is 11.2 Å². The minimum atomic E-state index is -4.56. The number of nitrogens with zero attached hydrogens (tertiary/aromatic N) is 6. The maximum atomic E-state index is 13.0. The van der Waals surface area contributed by atoms with E-state index in [4.69, 9.17) is 4.74 Å². The zero-order valence-electron chi connectivity index (χ0n) is 16.8. The molecule has 1 spiro atoms. The molecule has 1 aliphatic heterocycles. The summed E-state index contributed by atoms with van der Waals surface area (Å²) in [5.41, 5.74) is -0.154. The van der Waals surface area contributed by atoms with Gasteiger partial charge in [0.05, 0.1) is 19.0 Å². The Kier molecular flexibility index (Phi) is 4.90. The van der Waals surface area contributed by atoms with E-state index in [1.807, 2.05) is 4.90 Å². The number of pyridine rings is 1. The van der Waals surface area contributed by atoms with Crippen molar-refractivity contribution < 1.29 is 26.7 Å². The average Bonchev–Trinajstić information content (AvgIpc) is 3.06. The number of hydrogen-bond donors (Lipinski definition) is 0. The van der Waals surface area contributed by atoms with Gasteiger partial charge in [-0.1, -0.05) is 0 Å². The van der Waals surface area contributed by atoms with E-state index in [9.17, 15) is 22.0 Å². The van der Waals surface area contributed by atoms with Gasteiger partial charge in [0.2, 0.25) is 0 Å². The number of hydrogen-bond acceptors (Lipinski definition) is 6. The Hall–Kier alpha value is -3.05. The Bertz CT molecular complexity index is 1120. The van der Waals surface area contributed by atoms with E-state index in [0.29, 0.717) is 17.0 Å². The lowest BCUT2D eigenvalue weighted by molar-refractivity contribution is -0.143. The molecule has 1 saturated heterocycles. The fourth-order valence-electron chi connectivity index (χ4n) is 4.65. The zero-order valence-corrected chi connectivity index (χ0v) is 16.8. The van der Waals surface area contributed by atoms with Crippen LogP contribution in [-0.2, 0) is 12.7 Å². The van der Waals surface area contributed by atoms with Gasteiger partial charge in [-0.25, -0.2) is 28.4 Å². The van der Waals surface area contributed by atoms with Gasteiger partial charge >= 0.3 is 6.18 Å². The number of rotatable bonds is 6. The SMILES string of the molecule is FC(F)Cn1ncc2ncc(N3CC4(CC(COc5cccnc5C(F)(F)F)C4)C3)nc21. The molecule has 12 heteroatoms. The molecule has 7 nitrogen and oxygen atoms in total. The highest BCUT2D eigenvalue weighted by Gasteiger charge is 2.53. The Morgan fingerprint density at radius 3 is 2.66 bits per heavy atom. The standard InChI is InChI=1S/C20H19F5N6O/c21-15(22)8-31-18-13(6-28-31)27-7-16(29-18)30-10-19(11-30)4-12(5-19)9-32-14-2-1-3-26-17(14)20(23,24)25/h1-3,6-7,12,15H,4-5,8-11H2. The summed E-state index contributed by atoms with van der Waals surface area (Å²) in [5, 5.41) is 3.92. The molecule has 0 aromatic carbocycles. The predicted octanol–water partition coefficient (Wildman–Crippen LogP) is 3.80. The molecule has 0 bridgehead atoms. The second kappa shape index (κ2) is 7.52. The van der Waals surface area contributed by atoms with E-state index in [-0.39, 0.29) is 23.7 Å². The number of anilines is 1. The second-order valence-corrected chi connectivity index (χ2v) is 8.44. The Balaban J connectivity index is 1.16. The van der Waals surface area contributed by atoms with E-state index < -0.39 is 24.8 Å². The lowest BCUT2D eigenvalue weighted by Crippen LogP contribution is -2.63. The molecule has 2 aliphatic rings. The molecular weight excluding hydrogens is 435 g/mol. The molecule has 0 atom stereocenters. The predicted molar refractivity (Wildman–Crippen MR) is 103 cm³/mol. The first-order valence-corrected chi connectivity index (χ1v) is 10.1. The summed E-state index contributed by atoms with van der Waals surface area (Å²) < 4.78 is 71.1. The van der Waals surface area contributed by atoms with Crippen LogP contribution in [0.4, 0.5) is 27.8 Å². The molecule has 3 aromatic heterocycles. The Morgan fingerprint density at radius 2 is 1.94 bits per heavy atom. The van der Waals surface area contributed by atoms with Crippen molar-refractivity contribution in [3.63, 3.8) is 0 Å². The van der Waals surface area contributed by atoms with Gasteiger partial charge in [-0.3, -0.25) is 0 Å². The summed E-state index contributed by atoms with van der Waals surface area (Å²) in [6.45, 7) is 1.12. The lowest BCUT2D eigenvalue weighted by atomic mass is 9.58. The van der Waals surface area contributed by atoms with Crippen molar-refractivity contribution in [2.24, 2.45) is 11.3 Å². The molecule has 1 aliphatic carbocycles.